The number of benzene rings is 3. The van der Waals surface area contributed by atoms with Gasteiger partial charge in [0.1, 0.15) is 5.69 Å². The molecule has 0 amide bonds. The molecule has 0 saturated carbocycles. The van der Waals surface area contributed by atoms with E-state index < -0.39 is 0 Å². The van der Waals surface area contributed by atoms with Gasteiger partial charge in [0.2, 0.25) is 0 Å². The van der Waals surface area contributed by atoms with E-state index in [1.807, 2.05) is 78.9 Å². The van der Waals surface area contributed by atoms with Crippen molar-refractivity contribution in [3.05, 3.63) is 89.7 Å². The fourth-order valence-corrected chi connectivity index (χ4v) is 3.42. The molecule has 2 aromatic heterocycles. The summed E-state index contributed by atoms with van der Waals surface area (Å²) in [6.07, 6.45) is 0. The molecule has 28 heavy (non-hydrogen) atoms. The van der Waals surface area contributed by atoms with Crippen LogP contribution in [0.2, 0.25) is 5.02 Å². The van der Waals surface area contributed by atoms with Gasteiger partial charge in [-0.15, -0.1) is 10.2 Å². The summed E-state index contributed by atoms with van der Waals surface area (Å²) in [7, 11) is 0. The van der Waals surface area contributed by atoms with E-state index in [4.69, 9.17) is 16.6 Å². The number of hydrogen-bond donors (Lipinski definition) is 1. The van der Waals surface area contributed by atoms with E-state index in [0.29, 0.717) is 11.6 Å². The average Bonchev–Trinajstić information content (AvgIpc) is 3.18. The first-order valence-electron chi connectivity index (χ1n) is 8.97. The number of fused-ring (bicyclic) bond motifs is 3. The van der Waals surface area contributed by atoms with Gasteiger partial charge in [-0.2, -0.15) is 0 Å². The van der Waals surface area contributed by atoms with Crippen LogP contribution in [-0.4, -0.2) is 19.6 Å². The third-order valence-corrected chi connectivity index (χ3v) is 4.89. The SMILES string of the molecule is Clc1ccc(NCc2nnc3c(-c4ccccc4)nc4ccccc4n23)cc1. The van der Waals surface area contributed by atoms with Gasteiger partial charge in [-0.1, -0.05) is 54.1 Å². The molecule has 0 spiro atoms. The summed E-state index contributed by atoms with van der Waals surface area (Å²) in [6.45, 7) is 0.533. The molecule has 136 valence electrons. The number of hydrogen-bond acceptors (Lipinski definition) is 4. The number of nitrogens with one attached hydrogen (secondary N) is 1. The van der Waals surface area contributed by atoms with Crippen molar-refractivity contribution in [2.24, 2.45) is 0 Å². The molecule has 5 nitrogen and oxygen atoms in total. The molecule has 0 fully saturated rings. The highest BCUT2D eigenvalue weighted by molar-refractivity contribution is 6.30. The minimum absolute atomic E-state index is 0.533. The van der Waals surface area contributed by atoms with Crippen LogP contribution in [0.15, 0.2) is 78.9 Å². The highest BCUT2D eigenvalue weighted by Gasteiger charge is 2.16. The Hall–Kier alpha value is -3.44. The van der Waals surface area contributed by atoms with Crippen LogP contribution in [0.3, 0.4) is 0 Å². The Morgan fingerprint density at radius 2 is 1.57 bits per heavy atom. The van der Waals surface area contributed by atoms with E-state index in [-0.39, 0.29) is 0 Å². The van der Waals surface area contributed by atoms with Crippen LogP contribution in [0.1, 0.15) is 5.82 Å². The maximum Gasteiger partial charge on any atom is 0.187 e. The van der Waals surface area contributed by atoms with Gasteiger partial charge in [0.05, 0.1) is 17.6 Å². The van der Waals surface area contributed by atoms with Gasteiger partial charge in [-0.05, 0) is 36.4 Å². The highest BCUT2D eigenvalue weighted by atomic mass is 35.5. The van der Waals surface area contributed by atoms with Crippen molar-refractivity contribution >= 4 is 34.0 Å². The molecule has 1 N–H and O–H groups in total. The Balaban J connectivity index is 1.64. The van der Waals surface area contributed by atoms with Crippen molar-refractivity contribution < 1.29 is 0 Å². The number of halogens is 1. The topological polar surface area (TPSA) is 55.1 Å². The predicted octanol–water partition coefficient (Wildman–Crippen LogP) is 5.21. The Morgan fingerprint density at radius 1 is 0.821 bits per heavy atom. The molecule has 2 heterocycles. The number of para-hydroxylation sites is 2. The summed E-state index contributed by atoms with van der Waals surface area (Å²) in [4.78, 5) is 4.86. The third-order valence-electron chi connectivity index (χ3n) is 4.64. The lowest BCUT2D eigenvalue weighted by atomic mass is 10.1. The second-order valence-corrected chi connectivity index (χ2v) is 6.89. The van der Waals surface area contributed by atoms with Gasteiger partial charge in [0.15, 0.2) is 11.5 Å². The van der Waals surface area contributed by atoms with E-state index in [9.17, 15) is 0 Å². The summed E-state index contributed by atoms with van der Waals surface area (Å²) in [5.41, 5.74) is 5.45. The molecular weight excluding hydrogens is 370 g/mol. The predicted molar refractivity (Wildman–Crippen MR) is 113 cm³/mol. The highest BCUT2D eigenvalue weighted by Crippen LogP contribution is 2.26. The third kappa shape index (κ3) is 2.96. The zero-order chi connectivity index (χ0) is 18.9. The molecule has 5 aromatic rings. The fraction of sp³-hybridized carbons (Fsp3) is 0.0455. The van der Waals surface area contributed by atoms with Crippen molar-refractivity contribution in [2.75, 3.05) is 5.32 Å². The maximum atomic E-state index is 5.97. The van der Waals surface area contributed by atoms with Crippen LogP contribution in [-0.2, 0) is 6.54 Å². The van der Waals surface area contributed by atoms with Gasteiger partial charge in [-0.3, -0.25) is 4.40 Å². The molecule has 6 heteroatoms. The summed E-state index contributed by atoms with van der Waals surface area (Å²) in [5, 5.41) is 13.0. The van der Waals surface area contributed by atoms with Crippen LogP contribution in [0.5, 0.6) is 0 Å². The first-order valence-corrected chi connectivity index (χ1v) is 9.35. The van der Waals surface area contributed by atoms with Gasteiger partial charge < -0.3 is 5.32 Å². The van der Waals surface area contributed by atoms with Crippen molar-refractivity contribution in [3.63, 3.8) is 0 Å². The van der Waals surface area contributed by atoms with E-state index in [0.717, 1.165) is 39.4 Å². The van der Waals surface area contributed by atoms with Gasteiger partial charge in [0, 0.05) is 16.3 Å². The zero-order valence-corrected chi connectivity index (χ0v) is 15.6. The molecule has 3 aromatic carbocycles. The van der Waals surface area contributed by atoms with Crippen LogP contribution in [0.4, 0.5) is 5.69 Å². The number of nitrogens with zero attached hydrogens (tertiary/aromatic N) is 4. The van der Waals surface area contributed by atoms with Crippen LogP contribution < -0.4 is 5.32 Å². The lowest BCUT2D eigenvalue weighted by molar-refractivity contribution is 0.930. The average molecular weight is 386 g/mol. The van der Waals surface area contributed by atoms with Gasteiger partial charge >= 0.3 is 0 Å². The molecule has 0 aliphatic heterocycles. The van der Waals surface area contributed by atoms with Crippen molar-refractivity contribution in [1.29, 1.82) is 0 Å². The minimum atomic E-state index is 0.533. The van der Waals surface area contributed by atoms with Crippen molar-refractivity contribution in [3.8, 4) is 11.3 Å². The smallest absolute Gasteiger partial charge is 0.187 e. The molecule has 0 aliphatic rings. The van der Waals surface area contributed by atoms with Crippen LogP contribution >= 0.6 is 11.6 Å². The van der Waals surface area contributed by atoms with Gasteiger partial charge in [-0.25, -0.2) is 4.98 Å². The van der Waals surface area contributed by atoms with E-state index in [2.05, 4.69) is 19.9 Å². The van der Waals surface area contributed by atoms with E-state index >= 15 is 0 Å². The molecule has 0 unspecified atom stereocenters. The lowest BCUT2D eigenvalue weighted by Gasteiger charge is -2.10. The second-order valence-electron chi connectivity index (χ2n) is 6.45. The Labute approximate surface area is 166 Å². The summed E-state index contributed by atoms with van der Waals surface area (Å²) in [5.74, 6) is 0.820. The summed E-state index contributed by atoms with van der Waals surface area (Å²) < 4.78 is 2.08. The van der Waals surface area contributed by atoms with Crippen molar-refractivity contribution in [1.82, 2.24) is 19.6 Å². The number of anilines is 1. The molecule has 0 saturated heterocycles. The molecule has 5 rings (SSSR count). The molecular formula is C22H16ClN5. The van der Waals surface area contributed by atoms with Crippen molar-refractivity contribution in [2.45, 2.75) is 6.54 Å². The molecule has 0 aliphatic carbocycles. The van der Waals surface area contributed by atoms with E-state index in [1.54, 1.807) is 0 Å². The standard InChI is InChI=1S/C22H16ClN5/c23-16-10-12-17(13-11-16)24-14-20-26-27-22-21(15-6-2-1-3-7-15)25-18-8-4-5-9-19(18)28(20)22/h1-13,24H,14H2. The first kappa shape index (κ1) is 16.7. The number of aromatic nitrogens is 4. The monoisotopic (exact) mass is 385 g/mol. The summed E-state index contributed by atoms with van der Waals surface area (Å²) >= 11 is 5.97. The van der Waals surface area contributed by atoms with E-state index in [1.165, 1.54) is 0 Å². The maximum absolute atomic E-state index is 5.97. The lowest BCUT2D eigenvalue weighted by Crippen LogP contribution is -2.05. The van der Waals surface area contributed by atoms with Crippen LogP contribution in [0.25, 0.3) is 27.9 Å². The van der Waals surface area contributed by atoms with Gasteiger partial charge in [0.25, 0.3) is 0 Å². The molecule has 0 radical (unpaired) electrons. The minimum Gasteiger partial charge on any atom is -0.378 e. The fourth-order valence-electron chi connectivity index (χ4n) is 3.29. The summed E-state index contributed by atoms with van der Waals surface area (Å²) in [6, 6.07) is 25.7. The quantitative estimate of drug-likeness (QED) is 0.461. The molecule has 0 atom stereocenters. The Bertz CT molecular complexity index is 1260. The Morgan fingerprint density at radius 3 is 2.39 bits per heavy atom. The zero-order valence-electron chi connectivity index (χ0n) is 14.9. The second kappa shape index (κ2) is 6.94. The normalized spacial score (nSPS) is 11.2. The largest absolute Gasteiger partial charge is 0.378 e. The number of rotatable bonds is 4. The molecule has 0 bridgehead atoms. The Kier molecular flexibility index (Phi) is 4.14. The first-order chi connectivity index (χ1) is 13.8. The van der Waals surface area contributed by atoms with Crippen LogP contribution in [0, 0.1) is 0 Å².